The zero-order valence-electron chi connectivity index (χ0n) is 8.43. The summed E-state index contributed by atoms with van der Waals surface area (Å²) in [6.45, 7) is 2.07. The Kier molecular flexibility index (Phi) is 2.82. The highest BCUT2D eigenvalue weighted by Crippen LogP contribution is 2.10. The van der Waals surface area contributed by atoms with Gasteiger partial charge in [0.25, 0.3) is 5.91 Å². The predicted octanol–water partition coefficient (Wildman–Crippen LogP) is 0.347. The van der Waals surface area contributed by atoms with Crippen LogP contribution in [0.5, 0.6) is 0 Å². The molecule has 0 aliphatic heterocycles. The summed E-state index contributed by atoms with van der Waals surface area (Å²) >= 11 is 1.04. The third-order valence-corrected chi connectivity index (χ3v) is 2.49. The van der Waals surface area contributed by atoms with Crippen LogP contribution in [0.2, 0.25) is 0 Å². The lowest BCUT2D eigenvalue weighted by Gasteiger charge is -1.97. The number of hydrogen-bond donors (Lipinski definition) is 2. The summed E-state index contributed by atoms with van der Waals surface area (Å²) in [6.07, 6.45) is 0. The van der Waals surface area contributed by atoms with E-state index in [-0.39, 0.29) is 22.6 Å². The van der Waals surface area contributed by atoms with Crippen molar-refractivity contribution in [3.05, 3.63) is 22.5 Å². The van der Waals surface area contributed by atoms with E-state index in [2.05, 4.69) is 20.7 Å². The van der Waals surface area contributed by atoms with Gasteiger partial charge in [-0.2, -0.15) is 0 Å². The van der Waals surface area contributed by atoms with Crippen LogP contribution >= 0.6 is 11.3 Å². The van der Waals surface area contributed by atoms with Gasteiger partial charge in [0.2, 0.25) is 10.1 Å². The van der Waals surface area contributed by atoms with E-state index in [1.165, 1.54) is 0 Å². The van der Waals surface area contributed by atoms with Gasteiger partial charge in [-0.15, -0.1) is 10.2 Å². The van der Waals surface area contributed by atoms with Crippen LogP contribution < -0.4 is 11.1 Å². The Morgan fingerprint density at radius 1 is 1.62 bits per heavy atom. The van der Waals surface area contributed by atoms with Crippen LogP contribution in [0.3, 0.4) is 0 Å². The van der Waals surface area contributed by atoms with E-state index in [1.54, 1.807) is 13.0 Å². The van der Waals surface area contributed by atoms with Crippen LogP contribution in [-0.2, 0) is 6.54 Å². The number of aryl methyl sites for hydroxylation is 1. The number of hydrogen-bond acceptors (Lipinski definition) is 7. The maximum Gasteiger partial charge on any atom is 0.282 e. The number of nitrogens with zero attached hydrogens (tertiary/aromatic N) is 3. The number of nitrogens with one attached hydrogen (secondary N) is 1. The molecule has 0 radical (unpaired) electrons. The van der Waals surface area contributed by atoms with Crippen molar-refractivity contribution in [1.29, 1.82) is 0 Å². The van der Waals surface area contributed by atoms with E-state index in [1.807, 2.05) is 0 Å². The van der Waals surface area contributed by atoms with Gasteiger partial charge >= 0.3 is 0 Å². The second kappa shape index (κ2) is 4.27. The van der Waals surface area contributed by atoms with Gasteiger partial charge in [0.15, 0.2) is 0 Å². The van der Waals surface area contributed by atoms with Gasteiger partial charge in [-0.25, -0.2) is 0 Å². The van der Waals surface area contributed by atoms with Crippen molar-refractivity contribution in [3.63, 3.8) is 0 Å². The first-order valence-corrected chi connectivity index (χ1v) is 5.26. The van der Waals surface area contributed by atoms with Crippen molar-refractivity contribution in [2.24, 2.45) is 0 Å². The molecule has 0 spiro atoms. The van der Waals surface area contributed by atoms with Crippen molar-refractivity contribution in [2.45, 2.75) is 13.5 Å². The summed E-state index contributed by atoms with van der Waals surface area (Å²) in [7, 11) is 0. The van der Waals surface area contributed by atoms with E-state index in [0.717, 1.165) is 11.3 Å². The normalized spacial score (nSPS) is 10.3. The minimum atomic E-state index is -0.324. The van der Waals surface area contributed by atoms with Crippen LogP contribution in [0, 0.1) is 6.92 Å². The number of rotatable bonds is 3. The predicted molar refractivity (Wildman–Crippen MR) is 56.7 cm³/mol. The minimum Gasteiger partial charge on any atom is -0.374 e. The van der Waals surface area contributed by atoms with Crippen molar-refractivity contribution in [3.8, 4) is 0 Å². The average molecular weight is 239 g/mol. The number of carbonyl (C=O) groups excluding carboxylic acids is 1. The first kappa shape index (κ1) is 10.6. The maximum atomic E-state index is 11.5. The van der Waals surface area contributed by atoms with E-state index < -0.39 is 0 Å². The Morgan fingerprint density at radius 2 is 2.44 bits per heavy atom. The van der Waals surface area contributed by atoms with Crippen LogP contribution in [-0.4, -0.2) is 21.3 Å². The van der Waals surface area contributed by atoms with Crippen molar-refractivity contribution < 1.29 is 9.32 Å². The Bertz CT molecular complexity index is 506. The lowest BCUT2D eigenvalue weighted by Crippen LogP contribution is -2.22. The van der Waals surface area contributed by atoms with E-state index in [4.69, 9.17) is 10.3 Å². The molecule has 2 aromatic heterocycles. The van der Waals surface area contributed by atoms with Gasteiger partial charge in [-0.3, -0.25) is 4.79 Å². The summed E-state index contributed by atoms with van der Waals surface area (Å²) in [4.78, 5) is 11.5. The van der Waals surface area contributed by atoms with Gasteiger partial charge in [0.05, 0.1) is 6.54 Å². The molecule has 0 aliphatic rings. The number of anilines is 1. The molecule has 16 heavy (non-hydrogen) atoms. The number of nitrogens with two attached hydrogens (primary N) is 1. The highest BCUT2D eigenvalue weighted by atomic mass is 32.1. The summed E-state index contributed by atoms with van der Waals surface area (Å²) in [6, 6.07) is 1.74. The maximum absolute atomic E-state index is 11.5. The molecular weight excluding hydrogens is 230 g/mol. The van der Waals surface area contributed by atoms with Gasteiger partial charge in [-0.05, 0) is 6.92 Å². The lowest BCUT2D eigenvalue weighted by atomic mass is 10.4. The van der Waals surface area contributed by atoms with Crippen molar-refractivity contribution in [1.82, 2.24) is 20.7 Å². The van der Waals surface area contributed by atoms with E-state index in [9.17, 15) is 4.79 Å². The fraction of sp³-hybridized carbons (Fsp3) is 0.250. The zero-order valence-corrected chi connectivity index (χ0v) is 9.24. The quantitative estimate of drug-likeness (QED) is 0.800. The molecule has 0 saturated carbocycles. The molecule has 1 amide bonds. The van der Waals surface area contributed by atoms with Crippen LogP contribution in [0.25, 0.3) is 0 Å². The zero-order chi connectivity index (χ0) is 11.5. The van der Waals surface area contributed by atoms with Crippen molar-refractivity contribution >= 4 is 22.4 Å². The van der Waals surface area contributed by atoms with Crippen LogP contribution in [0.4, 0.5) is 5.13 Å². The molecule has 0 aliphatic carbocycles. The molecule has 0 saturated heterocycles. The Morgan fingerprint density at radius 3 is 3.00 bits per heavy atom. The smallest absolute Gasteiger partial charge is 0.282 e. The molecule has 2 rings (SSSR count). The van der Waals surface area contributed by atoms with Gasteiger partial charge in [-0.1, -0.05) is 16.5 Å². The molecule has 2 aromatic rings. The molecule has 3 N–H and O–H groups in total. The Balaban J connectivity index is 1.93. The third-order valence-electron chi connectivity index (χ3n) is 1.74. The number of carbonyl (C=O) groups is 1. The summed E-state index contributed by atoms with van der Waals surface area (Å²) in [5.74, 6) is 0.374. The highest BCUT2D eigenvalue weighted by molar-refractivity contribution is 7.16. The third kappa shape index (κ3) is 2.34. The minimum absolute atomic E-state index is 0.234. The second-order valence-electron chi connectivity index (χ2n) is 3.06. The van der Waals surface area contributed by atoms with Crippen LogP contribution in [0.15, 0.2) is 10.6 Å². The lowest BCUT2D eigenvalue weighted by molar-refractivity contribution is 0.0949. The summed E-state index contributed by atoms with van der Waals surface area (Å²) in [5, 5.41) is 14.0. The van der Waals surface area contributed by atoms with Gasteiger partial charge < -0.3 is 15.6 Å². The SMILES string of the molecule is Cc1cc(CNC(=O)c2nnc(N)s2)no1. The molecule has 7 nitrogen and oxygen atoms in total. The molecule has 0 unspecified atom stereocenters. The fourth-order valence-corrected chi connectivity index (χ4v) is 1.60. The van der Waals surface area contributed by atoms with Gasteiger partial charge in [0, 0.05) is 6.07 Å². The Labute approximate surface area is 94.6 Å². The number of amides is 1. The van der Waals surface area contributed by atoms with Gasteiger partial charge in [0.1, 0.15) is 11.5 Å². The number of nitrogen functional groups attached to an aromatic ring is 1. The molecule has 8 heteroatoms. The first-order chi connectivity index (χ1) is 7.65. The van der Waals surface area contributed by atoms with E-state index >= 15 is 0 Å². The second-order valence-corrected chi connectivity index (χ2v) is 4.07. The average Bonchev–Trinajstić information content (AvgIpc) is 2.84. The largest absolute Gasteiger partial charge is 0.374 e. The monoisotopic (exact) mass is 239 g/mol. The molecule has 0 atom stereocenters. The molecule has 84 valence electrons. The molecule has 0 bridgehead atoms. The summed E-state index contributed by atoms with van der Waals surface area (Å²) < 4.78 is 4.86. The topological polar surface area (TPSA) is 107 Å². The molecule has 2 heterocycles. The standard InChI is InChI=1S/C8H9N5O2S/c1-4-2-5(13-15-4)3-10-6(14)7-11-12-8(9)16-7/h2H,3H2,1H3,(H2,9,12)(H,10,14). The number of aromatic nitrogens is 3. The Hall–Kier alpha value is -1.96. The fourth-order valence-electron chi connectivity index (χ4n) is 1.07. The van der Waals surface area contributed by atoms with Crippen molar-refractivity contribution in [2.75, 3.05) is 5.73 Å². The summed E-state index contributed by atoms with van der Waals surface area (Å²) in [5.41, 5.74) is 6.02. The first-order valence-electron chi connectivity index (χ1n) is 4.44. The molecule has 0 aromatic carbocycles. The molecular formula is C8H9N5O2S. The van der Waals surface area contributed by atoms with Crippen LogP contribution in [0.1, 0.15) is 21.3 Å². The van der Waals surface area contributed by atoms with E-state index in [0.29, 0.717) is 11.5 Å². The highest BCUT2D eigenvalue weighted by Gasteiger charge is 2.11. The molecule has 0 fully saturated rings.